The van der Waals surface area contributed by atoms with Gasteiger partial charge in [-0.2, -0.15) is 13.2 Å². The summed E-state index contributed by atoms with van der Waals surface area (Å²) >= 11 is 0.310. The van der Waals surface area contributed by atoms with E-state index in [4.69, 9.17) is 5.41 Å². The predicted octanol–water partition coefficient (Wildman–Crippen LogP) is 2.43. The zero-order valence-electron chi connectivity index (χ0n) is 7.82. The third-order valence-corrected chi connectivity index (χ3v) is 2.69. The maximum atomic E-state index is 12.3. The van der Waals surface area contributed by atoms with Gasteiger partial charge in [-0.25, -0.2) is 4.68 Å². The summed E-state index contributed by atoms with van der Waals surface area (Å²) in [7, 11) is 0. The van der Waals surface area contributed by atoms with Gasteiger partial charge in [0, 0.05) is 0 Å². The summed E-state index contributed by atoms with van der Waals surface area (Å²) in [5, 5.41) is 9.79. The maximum absolute atomic E-state index is 12.3. The number of nitrogens with zero attached hydrogens (tertiary/aromatic N) is 2. The van der Waals surface area contributed by atoms with Crippen molar-refractivity contribution in [3.63, 3.8) is 0 Å². The fourth-order valence-electron chi connectivity index (χ4n) is 1.15. The Morgan fingerprint density at radius 2 is 1.81 bits per heavy atom. The van der Waals surface area contributed by atoms with Gasteiger partial charge in [-0.05, 0) is 12.1 Å². The second-order valence-electron chi connectivity index (χ2n) is 2.96. The van der Waals surface area contributed by atoms with Crippen molar-refractivity contribution in [3.05, 3.63) is 40.1 Å². The summed E-state index contributed by atoms with van der Waals surface area (Å²) in [5.74, 6) is 0. The molecule has 2 aromatic rings. The number of hydrogen-bond acceptors (Lipinski definition) is 3. The minimum absolute atomic E-state index is 0.251. The van der Waals surface area contributed by atoms with Crippen LogP contribution in [0.4, 0.5) is 13.2 Å². The molecule has 0 unspecified atom stereocenters. The van der Waals surface area contributed by atoms with Crippen LogP contribution >= 0.6 is 11.3 Å². The fraction of sp³-hybridized carbons (Fsp3) is 0.111. The van der Waals surface area contributed by atoms with Gasteiger partial charge in [0.05, 0.1) is 5.69 Å². The van der Waals surface area contributed by atoms with Crippen LogP contribution in [-0.2, 0) is 6.18 Å². The van der Waals surface area contributed by atoms with E-state index in [2.05, 4.69) is 5.10 Å². The molecule has 1 heterocycles. The summed E-state index contributed by atoms with van der Waals surface area (Å²) in [6.07, 6.45) is -4.50. The van der Waals surface area contributed by atoms with Gasteiger partial charge >= 0.3 is 6.18 Å². The van der Waals surface area contributed by atoms with E-state index in [0.717, 1.165) is 4.68 Å². The lowest BCUT2D eigenvalue weighted by atomic mass is 10.3. The summed E-state index contributed by atoms with van der Waals surface area (Å²) in [4.78, 5) is -0.251. The van der Waals surface area contributed by atoms with Crippen LogP contribution in [0.25, 0.3) is 5.69 Å². The van der Waals surface area contributed by atoms with E-state index in [-0.39, 0.29) is 4.80 Å². The van der Waals surface area contributed by atoms with E-state index in [9.17, 15) is 13.2 Å². The highest BCUT2D eigenvalue weighted by atomic mass is 32.1. The van der Waals surface area contributed by atoms with Crippen LogP contribution in [0.2, 0.25) is 0 Å². The van der Waals surface area contributed by atoms with Gasteiger partial charge in [-0.15, -0.1) is 5.10 Å². The largest absolute Gasteiger partial charge is 0.445 e. The van der Waals surface area contributed by atoms with Crippen molar-refractivity contribution in [2.24, 2.45) is 0 Å². The van der Waals surface area contributed by atoms with E-state index in [1.807, 2.05) is 0 Å². The molecule has 16 heavy (non-hydrogen) atoms. The van der Waals surface area contributed by atoms with Crippen molar-refractivity contribution in [1.82, 2.24) is 9.78 Å². The van der Waals surface area contributed by atoms with E-state index in [1.165, 1.54) is 0 Å². The number of alkyl halides is 3. The number of benzene rings is 1. The Morgan fingerprint density at radius 3 is 2.31 bits per heavy atom. The Balaban J connectivity index is 2.53. The highest BCUT2D eigenvalue weighted by Gasteiger charge is 2.35. The van der Waals surface area contributed by atoms with Gasteiger partial charge in [0.1, 0.15) is 0 Å². The summed E-state index contributed by atoms with van der Waals surface area (Å²) < 4.78 is 38.0. The molecule has 0 radical (unpaired) electrons. The van der Waals surface area contributed by atoms with Gasteiger partial charge < -0.3 is 0 Å². The van der Waals surface area contributed by atoms with Crippen molar-refractivity contribution < 1.29 is 13.2 Å². The highest BCUT2D eigenvalue weighted by molar-refractivity contribution is 7.08. The topological polar surface area (TPSA) is 41.7 Å². The first-order valence-electron chi connectivity index (χ1n) is 4.26. The van der Waals surface area contributed by atoms with Crippen molar-refractivity contribution >= 4 is 11.3 Å². The highest BCUT2D eigenvalue weighted by Crippen LogP contribution is 2.29. The second kappa shape index (κ2) is 3.75. The zero-order chi connectivity index (χ0) is 11.8. The summed E-state index contributed by atoms with van der Waals surface area (Å²) in [6, 6.07) is 8.28. The quantitative estimate of drug-likeness (QED) is 0.823. The lowest BCUT2D eigenvalue weighted by Crippen LogP contribution is -2.12. The standard InChI is InChI=1S/C9H6F3N3S/c10-9(11,12)7-14-15(8(13)16-7)6-4-2-1-3-5-6/h1-5,13H. The average molecular weight is 245 g/mol. The number of hydrogen-bond donors (Lipinski definition) is 1. The Morgan fingerprint density at radius 1 is 1.19 bits per heavy atom. The molecule has 0 saturated heterocycles. The molecule has 0 atom stereocenters. The van der Waals surface area contributed by atoms with Crippen LogP contribution in [0.5, 0.6) is 0 Å². The first kappa shape index (κ1) is 10.9. The van der Waals surface area contributed by atoms with Crippen LogP contribution in [0, 0.1) is 5.41 Å². The number of halogens is 3. The molecule has 1 aromatic carbocycles. The molecule has 0 bridgehead atoms. The second-order valence-corrected chi connectivity index (χ2v) is 3.93. The predicted molar refractivity (Wildman–Crippen MR) is 52.3 cm³/mol. The lowest BCUT2D eigenvalue weighted by molar-refractivity contribution is -0.138. The normalized spacial score (nSPS) is 11.7. The molecule has 0 amide bonds. The SMILES string of the molecule is N=c1sc(C(F)(F)F)nn1-c1ccccc1. The molecule has 84 valence electrons. The zero-order valence-corrected chi connectivity index (χ0v) is 8.64. The molecule has 1 N–H and O–H groups in total. The van der Waals surface area contributed by atoms with Crippen LogP contribution in [0.3, 0.4) is 0 Å². The Bertz CT molecular complexity index is 541. The number of para-hydroxylation sites is 1. The molecule has 0 spiro atoms. The van der Waals surface area contributed by atoms with Crippen molar-refractivity contribution in [3.8, 4) is 5.69 Å². The van der Waals surface area contributed by atoms with E-state index in [1.54, 1.807) is 30.3 Å². The first-order chi connectivity index (χ1) is 7.48. The fourth-order valence-corrected chi connectivity index (χ4v) is 1.80. The van der Waals surface area contributed by atoms with Crippen molar-refractivity contribution in [2.75, 3.05) is 0 Å². The van der Waals surface area contributed by atoms with Crippen LogP contribution in [0.15, 0.2) is 30.3 Å². The third kappa shape index (κ3) is 1.99. The molecule has 7 heteroatoms. The van der Waals surface area contributed by atoms with Crippen molar-refractivity contribution in [2.45, 2.75) is 6.18 Å². The minimum atomic E-state index is -4.50. The van der Waals surface area contributed by atoms with Gasteiger partial charge in [0.2, 0.25) is 9.81 Å². The molecular weight excluding hydrogens is 239 g/mol. The van der Waals surface area contributed by atoms with Crippen LogP contribution < -0.4 is 4.80 Å². The van der Waals surface area contributed by atoms with Gasteiger partial charge in [0.25, 0.3) is 0 Å². The Labute approximate surface area is 92.3 Å². The molecule has 0 aliphatic rings. The van der Waals surface area contributed by atoms with Crippen molar-refractivity contribution in [1.29, 1.82) is 5.41 Å². The third-order valence-electron chi connectivity index (χ3n) is 1.82. The molecule has 0 saturated carbocycles. The van der Waals surface area contributed by atoms with E-state index < -0.39 is 11.2 Å². The molecule has 2 rings (SSSR count). The number of aromatic nitrogens is 2. The number of nitrogens with one attached hydrogen (secondary N) is 1. The van der Waals surface area contributed by atoms with Crippen LogP contribution in [0.1, 0.15) is 5.01 Å². The summed E-state index contributed by atoms with van der Waals surface area (Å²) in [5.41, 5.74) is 0.444. The molecule has 0 aliphatic heterocycles. The number of rotatable bonds is 1. The molecule has 1 aromatic heterocycles. The maximum Gasteiger partial charge on any atom is 0.445 e. The Hall–Kier alpha value is -1.63. The molecule has 0 fully saturated rings. The monoisotopic (exact) mass is 245 g/mol. The van der Waals surface area contributed by atoms with E-state index in [0.29, 0.717) is 17.0 Å². The van der Waals surface area contributed by atoms with Gasteiger partial charge in [-0.1, -0.05) is 29.5 Å². The minimum Gasteiger partial charge on any atom is -0.273 e. The van der Waals surface area contributed by atoms with Crippen LogP contribution in [-0.4, -0.2) is 9.78 Å². The summed E-state index contributed by atoms with van der Waals surface area (Å²) in [6.45, 7) is 0. The lowest BCUT2D eigenvalue weighted by Gasteiger charge is -2.00. The van der Waals surface area contributed by atoms with Gasteiger partial charge in [-0.3, -0.25) is 5.41 Å². The smallest absolute Gasteiger partial charge is 0.273 e. The van der Waals surface area contributed by atoms with Gasteiger partial charge in [0.15, 0.2) is 0 Å². The Kier molecular flexibility index (Phi) is 2.55. The molecule has 3 nitrogen and oxygen atoms in total. The molecule has 0 aliphatic carbocycles. The molecular formula is C9H6F3N3S. The first-order valence-corrected chi connectivity index (χ1v) is 5.07. The van der Waals surface area contributed by atoms with E-state index >= 15 is 0 Å². The average Bonchev–Trinajstić information content (AvgIpc) is 2.61.